The first-order valence-electron chi connectivity index (χ1n) is 7.31. The molecule has 110 valence electrons. The lowest BCUT2D eigenvalue weighted by Crippen LogP contribution is -2.38. The molecule has 0 aromatic carbocycles. The topological polar surface area (TPSA) is 66.4 Å². The van der Waals surface area contributed by atoms with Gasteiger partial charge < -0.3 is 19.9 Å². The van der Waals surface area contributed by atoms with E-state index in [1.165, 1.54) is 12.8 Å². The Balaban J connectivity index is 1.89. The first-order valence-corrected chi connectivity index (χ1v) is 7.31. The number of ether oxygens (including phenoxy) is 1. The normalized spacial score (nSPS) is 23.2. The van der Waals surface area contributed by atoms with Gasteiger partial charge in [-0.2, -0.15) is 15.0 Å². The molecule has 1 aromatic rings. The van der Waals surface area contributed by atoms with Crippen molar-refractivity contribution in [1.82, 2.24) is 15.0 Å². The van der Waals surface area contributed by atoms with Gasteiger partial charge in [-0.3, -0.25) is 0 Å². The van der Waals surface area contributed by atoms with E-state index < -0.39 is 0 Å². The zero-order valence-corrected chi connectivity index (χ0v) is 12.2. The van der Waals surface area contributed by atoms with Gasteiger partial charge in [-0.25, -0.2) is 0 Å². The molecule has 1 N–H and O–H groups in total. The maximum atomic E-state index is 5.39. The number of morpholine rings is 1. The Bertz CT molecular complexity index is 462. The molecule has 0 saturated carbocycles. The molecule has 1 atom stereocenters. The number of aromatic nitrogens is 3. The number of nitrogens with zero attached hydrogens (tertiary/aromatic N) is 5. The third-order valence-electron chi connectivity index (χ3n) is 3.94. The minimum atomic E-state index is 0.500. The van der Waals surface area contributed by atoms with Crippen LogP contribution in [0.4, 0.5) is 17.8 Å². The summed E-state index contributed by atoms with van der Waals surface area (Å²) < 4.78 is 5.39. The van der Waals surface area contributed by atoms with Gasteiger partial charge in [-0.1, -0.05) is 0 Å². The van der Waals surface area contributed by atoms with E-state index in [4.69, 9.17) is 4.74 Å². The maximum absolute atomic E-state index is 5.39. The molecular formula is C13H22N6O. The molecule has 1 unspecified atom stereocenters. The fraction of sp³-hybridized carbons (Fsp3) is 0.769. The third-order valence-corrected chi connectivity index (χ3v) is 3.94. The average molecular weight is 278 g/mol. The van der Waals surface area contributed by atoms with Gasteiger partial charge in [0.25, 0.3) is 0 Å². The lowest BCUT2D eigenvalue weighted by molar-refractivity contribution is 0.122. The van der Waals surface area contributed by atoms with Crippen LogP contribution in [0.2, 0.25) is 0 Å². The molecule has 3 heterocycles. The Hall–Kier alpha value is -1.63. The van der Waals surface area contributed by atoms with E-state index in [0.717, 1.165) is 44.7 Å². The minimum absolute atomic E-state index is 0.500. The highest BCUT2D eigenvalue weighted by molar-refractivity contribution is 5.46. The van der Waals surface area contributed by atoms with Gasteiger partial charge in [0.1, 0.15) is 0 Å². The van der Waals surface area contributed by atoms with Crippen LogP contribution in [0, 0.1) is 0 Å². The summed E-state index contributed by atoms with van der Waals surface area (Å²) in [5, 5.41) is 3.04. The second-order valence-electron chi connectivity index (χ2n) is 5.29. The molecule has 2 aliphatic rings. The van der Waals surface area contributed by atoms with Gasteiger partial charge in [-0.15, -0.1) is 0 Å². The zero-order chi connectivity index (χ0) is 13.9. The number of hydrogen-bond donors (Lipinski definition) is 1. The van der Waals surface area contributed by atoms with Crippen LogP contribution >= 0.6 is 0 Å². The molecule has 2 saturated heterocycles. The van der Waals surface area contributed by atoms with Crippen LogP contribution in [0.1, 0.15) is 19.8 Å². The van der Waals surface area contributed by atoms with Crippen LogP contribution in [-0.2, 0) is 4.74 Å². The van der Waals surface area contributed by atoms with Crippen molar-refractivity contribution < 1.29 is 4.74 Å². The fourth-order valence-electron chi connectivity index (χ4n) is 2.73. The zero-order valence-electron chi connectivity index (χ0n) is 12.2. The first-order chi connectivity index (χ1) is 9.78. The summed E-state index contributed by atoms with van der Waals surface area (Å²) in [4.78, 5) is 18.1. The standard InChI is InChI=1S/C13H22N6O/c1-10-4-3-5-19(10)13-16-11(14-2)15-12(17-13)18-6-8-20-9-7-18/h10H,3-9H2,1-2H3,(H,14,15,16,17). The molecule has 0 spiro atoms. The quantitative estimate of drug-likeness (QED) is 0.874. The SMILES string of the molecule is CNc1nc(N2CCOCC2)nc(N2CCCC2C)n1. The number of rotatable bonds is 3. The minimum Gasteiger partial charge on any atom is -0.378 e. The van der Waals surface area contributed by atoms with Crippen molar-refractivity contribution in [2.45, 2.75) is 25.8 Å². The van der Waals surface area contributed by atoms with E-state index in [1.807, 2.05) is 7.05 Å². The van der Waals surface area contributed by atoms with Crippen LogP contribution in [0.5, 0.6) is 0 Å². The van der Waals surface area contributed by atoms with Crippen molar-refractivity contribution in [2.24, 2.45) is 0 Å². The smallest absolute Gasteiger partial charge is 0.232 e. The van der Waals surface area contributed by atoms with E-state index in [0.29, 0.717) is 12.0 Å². The Morgan fingerprint density at radius 2 is 1.85 bits per heavy atom. The van der Waals surface area contributed by atoms with Gasteiger partial charge in [-0.05, 0) is 19.8 Å². The first kappa shape index (κ1) is 13.4. The Morgan fingerprint density at radius 3 is 2.50 bits per heavy atom. The molecule has 0 bridgehead atoms. The van der Waals surface area contributed by atoms with E-state index >= 15 is 0 Å². The molecule has 7 heteroatoms. The summed E-state index contributed by atoms with van der Waals surface area (Å²) in [6.45, 7) is 6.39. The molecule has 7 nitrogen and oxygen atoms in total. The highest BCUT2D eigenvalue weighted by Crippen LogP contribution is 2.24. The predicted octanol–water partition coefficient (Wildman–Crippen LogP) is 0.739. The van der Waals surface area contributed by atoms with Crippen LogP contribution in [0.15, 0.2) is 0 Å². The maximum Gasteiger partial charge on any atom is 0.232 e. The summed E-state index contributed by atoms with van der Waals surface area (Å²) in [6.07, 6.45) is 2.40. The van der Waals surface area contributed by atoms with Gasteiger partial charge in [0.15, 0.2) is 0 Å². The van der Waals surface area contributed by atoms with Crippen molar-refractivity contribution in [2.75, 3.05) is 55.0 Å². The lowest BCUT2D eigenvalue weighted by Gasteiger charge is -2.28. The molecule has 0 amide bonds. The van der Waals surface area contributed by atoms with Crippen LogP contribution in [-0.4, -0.2) is 60.9 Å². The predicted molar refractivity (Wildman–Crippen MR) is 78.4 cm³/mol. The van der Waals surface area contributed by atoms with E-state index in [2.05, 4.69) is 37.0 Å². The molecule has 2 fully saturated rings. The molecule has 0 aliphatic carbocycles. The van der Waals surface area contributed by atoms with Crippen molar-refractivity contribution in [3.05, 3.63) is 0 Å². The third kappa shape index (κ3) is 2.63. The van der Waals surface area contributed by atoms with E-state index in [-0.39, 0.29) is 0 Å². The average Bonchev–Trinajstić information content (AvgIpc) is 2.94. The summed E-state index contributed by atoms with van der Waals surface area (Å²) in [5.41, 5.74) is 0. The van der Waals surface area contributed by atoms with E-state index in [9.17, 15) is 0 Å². The summed E-state index contributed by atoms with van der Waals surface area (Å²) in [7, 11) is 1.84. The highest BCUT2D eigenvalue weighted by Gasteiger charge is 2.25. The van der Waals surface area contributed by atoms with Crippen LogP contribution in [0.25, 0.3) is 0 Å². The summed E-state index contributed by atoms with van der Waals surface area (Å²) in [5.74, 6) is 2.17. The van der Waals surface area contributed by atoms with Crippen LogP contribution < -0.4 is 15.1 Å². The molecule has 1 aromatic heterocycles. The number of nitrogens with one attached hydrogen (secondary N) is 1. The lowest BCUT2D eigenvalue weighted by atomic mass is 10.2. The molecule has 3 rings (SSSR count). The van der Waals surface area contributed by atoms with E-state index in [1.54, 1.807) is 0 Å². The fourth-order valence-corrected chi connectivity index (χ4v) is 2.73. The Morgan fingerprint density at radius 1 is 1.10 bits per heavy atom. The largest absolute Gasteiger partial charge is 0.378 e. The summed E-state index contributed by atoms with van der Waals surface area (Å²) >= 11 is 0. The molecule has 2 aliphatic heterocycles. The van der Waals surface area contributed by atoms with Gasteiger partial charge in [0.2, 0.25) is 17.8 Å². The highest BCUT2D eigenvalue weighted by atomic mass is 16.5. The molecule has 0 radical (unpaired) electrons. The number of hydrogen-bond acceptors (Lipinski definition) is 7. The van der Waals surface area contributed by atoms with Crippen molar-refractivity contribution in [3.63, 3.8) is 0 Å². The Labute approximate surface area is 119 Å². The monoisotopic (exact) mass is 278 g/mol. The second kappa shape index (κ2) is 5.78. The number of anilines is 3. The molecule has 20 heavy (non-hydrogen) atoms. The van der Waals surface area contributed by atoms with Crippen molar-refractivity contribution >= 4 is 17.8 Å². The second-order valence-corrected chi connectivity index (χ2v) is 5.29. The van der Waals surface area contributed by atoms with Crippen LogP contribution in [0.3, 0.4) is 0 Å². The van der Waals surface area contributed by atoms with Gasteiger partial charge in [0.05, 0.1) is 13.2 Å². The van der Waals surface area contributed by atoms with Gasteiger partial charge >= 0.3 is 0 Å². The van der Waals surface area contributed by atoms with Gasteiger partial charge in [0, 0.05) is 32.7 Å². The summed E-state index contributed by atoms with van der Waals surface area (Å²) in [6, 6.07) is 0.500. The van der Waals surface area contributed by atoms with Crippen molar-refractivity contribution in [1.29, 1.82) is 0 Å². The molecular weight excluding hydrogens is 256 g/mol. The Kier molecular flexibility index (Phi) is 3.86. The van der Waals surface area contributed by atoms with Crippen molar-refractivity contribution in [3.8, 4) is 0 Å².